The molecule has 3 rings (SSSR count). The van der Waals surface area contributed by atoms with Gasteiger partial charge in [-0.15, -0.1) is 0 Å². The third kappa shape index (κ3) is 3.89. The number of oxazole rings is 1. The molecule has 0 bridgehead atoms. The van der Waals surface area contributed by atoms with E-state index in [2.05, 4.69) is 21.5 Å². The Hall–Kier alpha value is -3.61. The number of allylic oxidation sites excluding steroid dienone is 4. The monoisotopic (exact) mass is 350 g/mol. The van der Waals surface area contributed by atoms with Gasteiger partial charge in [-0.2, -0.15) is 0 Å². The lowest BCUT2D eigenvalue weighted by atomic mass is 10.2. The zero-order valence-corrected chi connectivity index (χ0v) is 14.3. The molecule has 7 heteroatoms. The minimum atomic E-state index is 0.307. The Morgan fingerprint density at radius 3 is 2.81 bits per heavy atom. The molecule has 3 aromatic heterocycles. The van der Waals surface area contributed by atoms with Crippen LogP contribution in [0.3, 0.4) is 0 Å². The van der Waals surface area contributed by atoms with Crippen LogP contribution in [-0.4, -0.2) is 22.1 Å². The van der Waals surface area contributed by atoms with Gasteiger partial charge < -0.3 is 19.6 Å². The number of fused-ring (bicyclic) bond motifs is 1. The van der Waals surface area contributed by atoms with Gasteiger partial charge in [-0.1, -0.05) is 12.7 Å². The second-order valence-corrected chi connectivity index (χ2v) is 5.20. The van der Waals surface area contributed by atoms with Crippen molar-refractivity contribution in [1.29, 1.82) is 0 Å². The molecule has 0 aliphatic carbocycles. The molecule has 0 amide bonds. The van der Waals surface area contributed by atoms with Crippen molar-refractivity contribution < 1.29 is 13.9 Å². The van der Waals surface area contributed by atoms with Gasteiger partial charge in [-0.05, 0) is 30.5 Å². The summed E-state index contributed by atoms with van der Waals surface area (Å²) in [6, 6.07) is 5.43. The number of hydrogen-bond donors (Lipinski definition) is 1. The molecule has 3 aromatic rings. The van der Waals surface area contributed by atoms with Crippen molar-refractivity contribution in [3.05, 3.63) is 73.2 Å². The maximum absolute atomic E-state index is 5.72. The van der Waals surface area contributed by atoms with Gasteiger partial charge in [-0.25, -0.2) is 9.97 Å². The molecule has 26 heavy (non-hydrogen) atoms. The Kier molecular flexibility index (Phi) is 5.28. The number of nitrogens with two attached hydrogens (primary N) is 1. The predicted molar refractivity (Wildman–Crippen MR) is 98.4 cm³/mol. The number of hydrogen-bond acceptors (Lipinski definition) is 7. The molecule has 0 aromatic carbocycles. The van der Waals surface area contributed by atoms with Gasteiger partial charge in [0.2, 0.25) is 11.6 Å². The van der Waals surface area contributed by atoms with E-state index in [1.165, 1.54) is 6.20 Å². The number of nitrogens with zero attached hydrogens (tertiary/aromatic N) is 3. The number of pyridine rings is 2. The zero-order valence-electron chi connectivity index (χ0n) is 14.3. The molecule has 0 radical (unpaired) electrons. The molecule has 0 saturated heterocycles. The average molecular weight is 350 g/mol. The SMILES string of the molecule is C=C/C(=C\C=C/N)c1nc2cc(OCc3ccc(OC)cn3)cnc2o1. The van der Waals surface area contributed by atoms with E-state index in [1.807, 2.05) is 12.1 Å². The molecule has 0 unspecified atom stereocenters. The van der Waals surface area contributed by atoms with Crippen molar-refractivity contribution in [2.45, 2.75) is 6.61 Å². The summed E-state index contributed by atoms with van der Waals surface area (Å²) < 4.78 is 16.4. The molecule has 0 saturated carbocycles. The number of ether oxygens (including phenoxy) is 2. The largest absolute Gasteiger partial charge is 0.495 e. The Bertz CT molecular complexity index is 959. The first-order valence-corrected chi connectivity index (χ1v) is 7.83. The molecule has 3 heterocycles. The summed E-state index contributed by atoms with van der Waals surface area (Å²) in [5.74, 6) is 1.68. The number of rotatable bonds is 7. The van der Waals surface area contributed by atoms with E-state index in [-0.39, 0.29) is 0 Å². The van der Waals surface area contributed by atoms with Crippen molar-refractivity contribution in [1.82, 2.24) is 15.0 Å². The van der Waals surface area contributed by atoms with Crippen molar-refractivity contribution >= 4 is 16.8 Å². The first-order valence-electron chi connectivity index (χ1n) is 7.83. The average Bonchev–Trinajstić information content (AvgIpc) is 3.10. The highest BCUT2D eigenvalue weighted by atomic mass is 16.5. The highest BCUT2D eigenvalue weighted by Gasteiger charge is 2.10. The summed E-state index contributed by atoms with van der Waals surface area (Å²) in [7, 11) is 1.60. The topological polar surface area (TPSA) is 96.3 Å². The quantitative estimate of drug-likeness (QED) is 0.653. The molecular weight excluding hydrogens is 332 g/mol. The van der Waals surface area contributed by atoms with Crippen molar-refractivity contribution in [2.75, 3.05) is 7.11 Å². The number of aromatic nitrogens is 3. The van der Waals surface area contributed by atoms with E-state index < -0.39 is 0 Å². The first kappa shape index (κ1) is 17.2. The standard InChI is InChI=1S/C19H18N4O3/c1-3-13(5-4-8-20)18-23-17-9-16(11-22-19(17)26-18)25-12-14-6-7-15(24-2)10-21-14/h3-11H,1,12,20H2,2H3/b8-4-,13-5+. The van der Waals surface area contributed by atoms with Crippen LogP contribution in [0.4, 0.5) is 0 Å². The summed E-state index contributed by atoms with van der Waals surface area (Å²) in [6.07, 6.45) is 9.71. The fourth-order valence-electron chi connectivity index (χ4n) is 2.17. The summed E-state index contributed by atoms with van der Waals surface area (Å²) in [5.41, 5.74) is 7.83. The van der Waals surface area contributed by atoms with Crippen LogP contribution < -0.4 is 15.2 Å². The highest BCUT2D eigenvalue weighted by molar-refractivity contribution is 5.77. The predicted octanol–water partition coefficient (Wildman–Crippen LogP) is 3.25. The first-order chi connectivity index (χ1) is 12.7. The molecule has 132 valence electrons. The molecule has 0 fully saturated rings. The Balaban J connectivity index is 1.77. The van der Waals surface area contributed by atoms with Gasteiger partial charge in [0.15, 0.2) is 0 Å². The molecule has 0 aliphatic heterocycles. The molecular formula is C19H18N4O3. The van der Waals surface area contributed by atoms with Crippen LogP contribution in [0.25, 0.3) is 16.8 Å². The fraction of sp³-hybridized carbons (Fsp3) is 0.105. The molecule has 0 atom stereocenters. The van der Waals surface area contributed by atoms with E-state index in [9.17, 15) is 0 Å². The van der Waals surface area contributed by atoms with Crippen molar-refractivity contribution in [3.8, 4) is 11.5 Å². The van der Waals surface area contributed by atoms with Crippen molar-refractivity contribution in [3.63, 3.8) is 0 Å². The van der Waals surface area contributed by atoms with Crippen LogP contribution in [-0.2, 0) is 6.61 Å². The summed E-state index contributed by atoms with van der Waals surface area (Å²) in [4.78, 5) is 12.9. The maximum atomic E-state index is 5.72. The lowest BCUT2D eigenvalue weighted by molar-refractivity contribution is 0.300. The summed E-state index contributed by atoms with van der Waals surface area (Å²) >= 11 is 0. The summed E-state index contributed by atoms with van der Waals surface area (Å²) in [5, 5.41) is 0. The lowest BCUT2D eigenvalue weighted by Gasteiger charge is -2.05. The highest BCUT2D eigenvalue weighted by Crippen LogP contribution is 2.23. The van der Waals surface area contributed by atoms with Crippen LogP contribution in [0.15, 0.2) is 66.0 Å². The van der Waals surface area contributed by atoms with Crippen LogP contribution in [0.1, 0.15) is 11.6 Å². The zero-order chi connectivity index (χ0) is 18.4. The van der Waals surface area contributed by atoms with Crippen LogP contribution in [0.2, 0.25) is 0 Å². The molecule has 0 aliphatic rings. The smallest absolute Gasteiger partial charge is 0.247 e. The van der Waals surface area contributed by atoms with Crippen LogP contribution in [0, 0.1) is 0 Å². The minimum absolute atomic E-state index is 0.307. The Labute approximate surface area is 150 Å². The van der Waals surface area contributed by atoms with Gasteiger partial charge in [0.1, 0.15) is 23.6 Å². The van der Waals surface area contributed by atoms with Gasteiger partial charge in [0, 0.05) is 11.6 Å². The van der Waals surface area contributed by atoms with Gasteiger partial charge in [-0.3, -0.25) is 4.98 Å². The fourth-order valence-corrected chi connectivity index (χ4v) is 2.17. The second kappa shape index (κ2) is 7.98. The minimum Gasteiger partial charge on any atom is -0.495 e. The van der Waals surface area contributed by atoms with Gasteiger partial charge >= 0.3 is 0 Å². The van der Waals surface area contributed by atoms with E-state index in [1.54, 1.807) is 43.8 Å². The lowest BCUT2D eigenvalue weighted by Crippen LogP contribution is -1.98. The molecule has 2 N–H and O–H groups in total. The maximum Gasteiger partial charge on any atom is 0.247 e. The third-order valence-electron chi connectivity index (χ3n) is 3.50. The van der Waals surface area contributed by atoms with E-state index in [0.717, 1.165) is 5.69 Å². The summed E-state index contributed by atoms with van der Waals surface area (Å²) in [6.45, 7) is 4.06. The van der Waals surface area contributed by atoms with E-state index in [0.29, 0.717) is 40.8 Å². The second-order valence-electron chi connectivity index (χ2n) is 5.20. The van der Waals surface area contributed by atoms with Crippen molar-refractivity contribution in [2.24, 2.45) is 5.73 Å². The van der Waals surface area contributed by atoms with E-state index >= 15 is 0 Å². The molecule has 7 nitrogen and oxygen atoms in total. The molecule has 0 spiro atoms. The van der Waals surface area contributed by atoms with Crippen LogP contribution >= 0.6 is 0 Å². The van der Waals surface area contributed by atoms with E-state index in [4.69, 9.17) is 19.6 Å². The van der Waals surface area contributed by atoms with Gasteiger partial charge in [0.25, 0.3) is 0 Å². The Morgan fingerprint density at radius 2 is 2.12 bits per heavy atom. The van der Waals surface area contributed by atoms with Gasteiger partial charge in [0.05, 0.1) is 25.2 Å². The third-order valence-corrected chi connectivity index (χ3v) is 3.50. The van der Waals surface area contributed by atoms with Crippen LogP contribution in [0.5, 0.6) is 11.5 Å². The normalized spacial score (nSPS) is 11.8. The number of methoxy groups -OCH3 is 1. The Morgan fingerprint density at radius 1 is 1.27 bits per heavy atom.